The second-order valence-electron chi connectivity index (χ2n) is 5.94. The molecule has 0 saturated heterocycles. The third-order valence-electron chi connectivity index (χ3n) is 3.95. The van der Waals surface area contributed by atoms with Gasteiger partial charge in [0, 0.05) is 48.9 Å². The van der Waals surface area contributed by atoms with Crippen molar-refractivity contribution in [2.45, 2.75) is 0 Å². The second kappa shape index (κ2) is 8.09. The normalized spacial score (nSPS) is 10.8. The second-order valence-corrected chi connectivity index (χ2v) is 5.94. The topological polar surface area (TPSA) is 107 Å². The van der Waals surface area contributed by atoms with Gasteiger partial charge in [0.15, 0.2) is 5.82 Å². The summed E-state index contributed by atoms with van der Waals surface area (Å²) in [5.41, 5.74) is 1.47. The number of aromatic nitrogens is 2. The predicted molar refractivity (Wildman–Crippen MR) is 104 cm³/mol. The molecule has 0 unspecified atom stereocenters. The molecule has 0 atom stereocenters. The van der Waals surface area contributed by atoms with E-state index in [1.807, 2.05) is 0 Å². The first-order chi connectivity index (χ1) is 13.4. The highest BCUT2D eigenvalue weighted by Crippen LogP contribution is 2.15. The Kier molecular flexibility index (Phi) is 5.40. The quantitative estimate of drug-likeness (QED) is 0.308. The van der Waals surface area contributed by atoms with Crippen LogP contribution in [0.5, 0.6) is 0 Å². The fourth-order valence-corrected chi connectivity index (χ4v) is 2.52. The van der Waals surface area contributed by atoms with Gasteiger partial charge in [-0.3, -0.25) is 19.7 Å². The number of anilines is 1. The number of amides is 1. The number of carbonyl (C=O) groups excluding carboxylic acids is 2. The van der Waals surface area contributed by atoms with E-state index < -0.39 is 10.8 Å². The minimum absolute atomic E-state index is 0.0458. The summed E-state index contributed by atoms with van der Waals surface area (Å²) in [5.74, 6) is -0.276. The van der Waals surface area contributed by atoms with E-state index in [4.69, 9.17) is 0 Å². The summed E-state index contributed by atoms with van der Waals surface area (Å²) in [6, 6.07) is 12.4. The van der Waals surface area contributed by atoms with Gasteiger partial charge < -0.3 is 9.88 Å². The smallest absolute Gasteiger partial charge is 0.270 e. The maximum atomic E-state index is 12.4. The molecule has 0 spiro atoms. The first-order valence-corrected chi connectivity index (χ1v) is 8.29. The van der Waals surface area contributed by atoms with Crippen LogP contribution in [0, 0.1) is 10.1 Å². The van der Waals surface area contributed by atoms with Gasteiger partial charge in [-0.15, -0.1) is 0 Å². The van der Waals surface area contributed by atoms with Gasteiger partial charge in [-0.05, 0) is 35.9 Å². The molecular weight excluding hydrogens is 360 g/mol. The SMILES string of the molecule is Cn1ccnc1C(=O)c1ccc(NC(=O)/C=C/c2cccc([N+](=O)[O-])c2)cc1. The maximum Gasteiger partial charge on any atom is 0.270 e. The molecule has 28 heavy (non-hydrogen) atoms. The third-order valence-corrected chi connectivity index (χ3v) is 3.95. The average Bonchev–Trinajstić information content (AvgIpc) is 3.12. The minimum Gasteiger partial charge on any atom is -0.331 e. The van der Waals surface area contributed by atoms with Gasteiger partial charge >= 0.3 is 0 Å². The number of hydrogen-bond donors (Lipinski definition) is 1. The average molecular weight is 376 g/mol. The molecule has 0 aliphatic carbocycles. The number of nitrogens with zero attached hydrogens (tertiary/aromatic N) is 3. The Hall–Kier alpha value is -4.07. The van der Waals surface area contributed by atoms with Crippen LogP contribution in [0.25, 0.3) is 6.08 Å². The zero-order valence-corrected chi connectivity index (χ0v) is 14.9. The Morgan fingerprint density at radius 1 is 1.18 bits per heavy atom. The number of nitro benzene ring substituents is 1. The lowest BCUT2D eigenvalue weighted by molar-refractivity contribution is -0.384. The molecule has 140 valence electrons. The van der Waals surface area contributed by atoms with E-state index in [0.717, 1.165) is 0 Å². The number of non-ortho nitro benzene ring substituents is 1. The van der Waals surface area contributed by atoms with Crippen LogP contribution in [-0.2, 0) is 11.8 Å². The van der Waals surface area contributed by atoms with Gasteiger partial charge in [-0.25, -0.2) is 4.98 Å². The summed E-state index contributed by atoms with van der Waals surface area (Å²) >= 11 is 0. The number of rotatable bonds is 6. The van der Waals surface area contributed by atoms with Crippen molar-refractivity contribution >= 4 is 29.1 Å². The van der Waals surface area contributed by atoms with Crippen LogP contribution in [0.15, 0.2) is 67.0 Å². The molecular formula is C20H16N4O4. The van der Waals surface area contributed by atoms with Crippen LogP contribution < -0.4 is 5.32 Å². The zero-order valence-electron chi connectivity index (χ0n) is 14.9. The van der Waals surface area contributed by atoms with Gasteiger partial charge in [-0.2, -0.15) is 0 Å². The number of imidazole rings is 1. The molecule has 0 radical (unpaired) electrons. The summed E-state index contributed by atoms with van der Waals surface area (Å²) in [4.78, 5) is 38.7. The van der Waals surface area contributed by atoms with Crippen molar-refractivity contribution in [2.24, 2.45) is 7.05 Å². The van der Waals surface area contributed by atoms with E-state index in [0.29, 0.717) is 22.6 Å². The molecule has 0 aliphatic heterocycles. The number of carbonyl (C=O) groups is 2. The largest absolute Gasteiger partial charge is 0.331 e. The molecule has 0 fully saturated rings. The molecule has 1 amide bonds. The van der Waals surface area contributed by atoms with E-state index in [9.17, 15) is 19.7 Å². The molecule has 1 N–H and O–H groups in total. The van der Waals surface area contributed by atoms with Gasteiger partial charge in [0.25, 0.3) is 5.69 Å². The van der Waals surface area contributed by atoms with Crippen molar-refractivity contribution in [3.8, 4) is 0 Å². The Morgan fingerprint density at radius 3 is 2.57 bits per heavy atom. The Labute approximate surface area is 160 Å². The minimum atomic E-state index is -0.495. The van der Waals surface area contributed by atoms with E-state index >= 15 is 0 Å². The Bertz CT molecular complexity index is 1070. The number of benzene rings is 2. The molecule has 0 saturated carbocycles. The molecule has 1 aromatic heterocycles. The van der Waals surface area contributed by atoms with Crippen molar-refractivity contribution in [2.75, 3.05) is 5.32 Å². The number of nitro groups is 1. The fourth-order valence-electron chi connectivity index (χ4n) is 2.52. The molecule has 0 bridgehead atoms. The summed E-state index contributed by atoms with van der Waals surface area (Å²) < 4.78 is 1.64. The summed E-state index contributed by atoms with van der Waals surface area (Å²) in [6.45, 7) is 0. The lowest BCUT2D eigenvalue weighted by Crippen LogP contribution is -2.10. The molecule has 3 rings (SSSR count). The Balaban J connectivity index is 1.64. The first-order valence-electron chi connectivity index (χ1n) is 8.29. The summed E-state index contributed by atoms with van der Waals surface area (Å²) in [6.07, 6.45) is 6.01. The van der Waals surface area contributed by atoms with E-state index in [1.54, 1.807) is 60.4 Å². The van der Waals surface area contributed by atoms with Crippen molar-refractivity contribution in [3.63, 3.8) is 0 Å². The number of hydrogen-bond acceptors (Lipinski definition) is 5. The summed E-state index contributed by atoms with van der Waals surface area (Å²) in [7, 11) is 1.74. The van der Waals surface area contributed by atoms with E-state index in [-0.39, 0.29) is 11.5 Å². The van der Waals surface area contributed by atoms with Crippen molar-refractivity contribution in [3.05, 3.63) is 94.1 Å². The standard InChI is InChI=1S/C20H16N4O4/c1-23-12-11-21-20(23)19(26)15-6-8-16(9-7-15)22-18(25)10-5-14-3-2-4-17(13-14)24(27)28/h2-13H,1H3,(H,22,25)/b10-5+. The van der Waals surface area contributed by atoms with Gasteiger partial charge in [0.2, 0.25) is 11.7 Å². The van der Waals surface area contributed by atoms with Crippen LogP contribution in [0.2, 0.25) is 0 Å². The molecule has 8 heteroatoms. The molecule has 2 aromatic carbocycles. The van der Waals surface area contributed by atoms with E-state index in [1.165, 1.54) is 24.3 Å². The lowest BCUT2D eigenvalue weighted by Gasteiger charge is -2.05. The fraction of sp³-hybridized carbons (Fsp3) is 0.0500. The Morgan fingerprint density at radius 2 is 1.93 bits per heavy atom. The predicted octanol–water partition coefficient (Wildman–Crippen LogP) is 3.21. The molecule has 1 heterocycles. The van der Waals surface area contributed by atoms with Gasteiger partial charge in [0.05, 0.1) is 4.92 Å². The molecule has 3 aromatic rings. The van der Waals surface area contributed by atoms with Gasteiger partial charge in [-0.1, -0.05) is 12.1 Å². The van der Waals surface area contributed by atoms with Gasteiger partial charge in [0.1, 0.15) is 0 Å². The van der Waals surface area contributed by atoms with E-state index in [2.05, 4.69) is 10.3 Å². The summed E-state index contributed by atoms with van der Waals surface area (Å²) in [5, 5.41) is 13.4. The number of nitrogens with one attached hydrogen (secondary N) is 1. The van der Waals surface area contributed by atoms with Crippen LogP contribution in [-0.4, -0.2) is 26.2 Å². The number of ketones is 1. The maximum absolute atomic E-state index is 12.4. The third kappa shape index (κ3) is 4.36. The highest BCUT2D eigenvalue weighted by Gasteiger charge is 2.13. The monoisotopic (exact) mass is 376 g/mol. The zero-order chi connectivity index (χ0) is 20.1. The number of aryl methyl sites for hydroxylation is 1. The van der Waals surface area contributed by atoms with Crippen LogP contribution >= 0.6 is 0 Å². The van der Waals surface area contributed by atoms with Crippen LogP contribution in [0.1, 0.15) is 21.7 Å². The van der Waals surface area contributed by atoms with Crippen molar-refractivity contribution < 1.29 is 14.5 Å². The van der Waals surface area contributed by atoms with Crippen molar-refractivity contribution in [1.29, 1.82) is 0 Å². The molecule has 0 aliphatic rings. The van der Waals surface area contributed by atoms with Crippen LogP contribution in [0.4, 0.5) is 11.4 Å². The highest BCUT2D eigenvalue weighted by atomic mass is 16.6. The lowest BCUT2D eigenvalue weighted by atomic mass is 10.1. The highest BCUT2D eigenvalue weighted by molar-refractivity contribution is 6.07. The van der Waals surface area contributed by atoms with Crippen LogP contribution in [0.3, 0.4) is 0 Å². The molecule has 8 nitrogen and oxygen atoms in total. The van der Waals surface area contributed by atoms with Crippen molar-refractivity contribution in [1.82, 2.24) is 9.55 Å². The first kappa shape index (κ1) is 18.7.